The van der Waals surface area contributed by atoms with Crippen molar-refractivity contribution in [1.82, 2.24) is 14.9 Å². The number of sulfone groups is 1. The molecule has 0 saturated carbocycles. The fourth-order valence-corrected chi connectivity index (χ4v) is 17.2. The van der Waals surface area contributed by atoms with Crippen molar-refractivity contribution in [2.75, 3.05) is 62.3 Å². The van der Waals surface area contributed by atoms with Gasteiger partial charge in [0.2, 0.25) is 11.7 Å². The summed E-state index contributed by atoms with van der Waals surface area (Å²) in [5.74, 6) is -3.12. The SMILES string of the molecule is C/C(=N\NC(=O)c1ccccc1F)c1ccccc1O.CCCCCCCN1C(=O)/C(=c2\sc3n(c2=O)C(c2ccc(OC(=O)c4ccco4)cc2)C(C(=O)OC)=C(C)N=3)c2ccccc21.CCCCCCN(CCCCCC)C(=S)Nc1cccc(C(=O)OC)c1.CCOC(=O)/C=C/C(=O)Nc1ccc(S(C)(=O)=O)cc1.N#Cc1c(N=Cc2ccco2)sc2c1CCCC2. The summed E-state index contributed by atoms with van der Waals surface area (Å²) in [4.78, 5) is 115. The number of amides is 3. The molecule has 682 valence electrons. The number of rotatable bonds is 32. The summed E-state index contributed by atoms with van der Waals surface area (Å²) in [6.45, 7) is 14.4. The van der Waals surface area contributed by atoms with Crippen LogP contribution in [-0.4, -0.2) is 128 Å². The number of benzene rings is 6. The third-order valence-electron chi connectivity index (χ3n) is 20.6. The first-order valence-corrected chi connectivity index (χ1v) is 46.8. The van der Waals surface area contributed by atoms with E-state index in [1.54, 1.807) is 116 Å². The maximum atomic E-state index is 14.4. The molecule has 2 aliphatic heterocycles. The van der Waals surface area contributed by atoms with Crippen LogP contribution in [0.4, 0.5) is 26.5 Å². The molecule has 1 atom stereocenters. The van der Waals surface area contributed by atoms with E-state index in [9.17, 15) is 61.5 Å². The van der Waals surface area contributed by atoms with Gasteiger partial charge in [0.15, 0.2) is 19.8 Å². The van der Waals surface area contributed by atoms with Crippen LogP contribution in [0.15, 0.2) is 239 Å². The van der Waals surface area contributed by atoms with E-state index in [2.05, 4.69) is 67.6 Å². The molecule has 0 bridgehead atoms. The molecule has 32 heteroatoms. The summed E-state index contributed by atoms with van der Waals surface area (Å²) >= 11 is 8.43. The van der Waals surface area contributed by atoms with E-state index in [4.69, 9.17) is 35.3 Å². The number of allylic oxidation sites excluding steroid dienone is 1. The van der Waals surface area contributed by atoms with Gasteiger partial charge in [0.05, 0.1) is 95.4 Å². The van der Waals surface area contributed by atoms with Crippen LogP contribution in [0.3, 0.4) is 0 Å². The van der Waals surface area contributed by atoms with Crippen molar-refractivity contribution in [2.24, 2.45) is 15.1 Å². The number of anilines is 3. The molecule has 4 aromatic heterocycles. The number of unbranched alkanes of at least 4 members (excludes halogenated alkanes) is 10. The molecule has 27 nitrogen and oxygen atoms in total. The molecule has 0 radical (unpaired) electrons. The van der Waals surface area contributed by atoms with Gasteiger partial charge in [0.25, 0.3) is 17.4 Å². The predicted octanol–water partition coefficient (Wildman–Crippen LogP) is 18.2. The highest BCUT2D eigenvalue weighted by Crippen LogP contribution is 2.40. The lowest BCUT2D eigenvalue weighted by atomic mass is 9.96. The van der Waals surface area contributed by atoms with Gasteiger partial charge < -0.3 is 53.3 Å². The van der Waals surface area contributed by atoms with Gasteiger partial charge >= 0.3 is 23.9 Å². The Morgan fingerprint density at radius 3 is 2.00 bits per heavy atom. The standard InChI is InChI=1S/C35H33N3O7S.C21H34N2O2S.C15H13FN2O2.C14H12N2OS.C13H15NO5S/c1-4-5-6-7-10-19-37-25-13-9-8-12-24(25)28(31(37)39)30-32(40)38-29(27(34(42)43-3)21(2)36-35(38)46-30)22-15-17-23(18-16-22)45-33(41)26-14-11-20-44-26;1-4-6-8-10-15-23(16-11-9-7-5-2)21(26)22-19-14-12-13-18(17-19)20(24)25-3;1-10(11-6-3-5-9-14(11)19)17-18-15(20)12-7-2-4-8-13(12)16;15-8-12-11-5-1-2-6-13(11)18-14(12)16-9-10-4-3-7-17-10;1-3-19-13(16)9-8-12(15)14-10-4-6-11(7-5-10)20(2,17)18/h8-9,11-18,20,29H,4-7,10,19H2,1-3H3;12-14,17H,4-11,15-16H2,1-3H3,(H,22,26);2-9,19H,1H3,(H,18,20);3-4,7,9H,1-2,5-6H2;4-9H,3H2,1-2H3,(H,14,15)/b30-28-;;17-10+;;9-8+. The fraction of sp³-hybridized carbons (Fsp3) is 0.316. The van der Waals surface area contributed by atoms with Crippen molar-refractivity contribution in [3.05, 3.63) is 287 Å². The van der Waals surface area contributed by atoms with Crippen LogP contribution in [-0.2, 0) is 56.1 Å². The molecule has 1 unspecified atom stereocenters. The fourth-order valence-electron chi connectivity index (χ4n) is 14.0. The van der Waals surface area contributed by atoms with Crippen LogP contribution < -0.4 is 40.6 Å². The molecule has 3 aliphatic rings. The maximum Gasteiger partial charge on any atom is 0.379 e. The molecular formula is C98H107FN10O17S4. The number of thiazole rings is 1. The van der Waals surface area contributed by atoms with Crippen molar-refractivity contribution >= 4 is 131 Å². The Morgan fingerprint density at radius 1 is 0.715 bits per heavy atom. The molecule has 6 aromatic carbocycles. The van der Waals surface area contributed by atoms with E-state index >= 15 is 0 Å². The van der Waals surface area contributed by atoms with Gasteiger partial charge in [-0.1, -0.05) is 157 Å². The summed E-state index contributed by atoms with van der Waals surface area (Å²) in [6, 6.07) is 47.4. The van der Waals surface area contributed by atoms with Crippen molar-refractivity contribution < 1.29 is 79.3 Å². The summed E-state index contributed by atoms with van der Waals surface area (Å²) in [5.41, 5.74) is 9.42. The Morgan fingerprint density at radius 2 is 1.36 bits per heavy atom. The maximum absolute atomic E-state index is 14.4. The topological polar surface area (TPSA) is 362 Å². The van der Waals surface area contributed by atoms with Gasteiger partial charge in [-0.3, -0.25) is 23.7 Å². The Hall–Kier alpha value is -13.4. The second kappa shape index (κ2) is 51.0. The number of hydrogen-bond donors (Lipinski definition) is 4. The summed E-state index contributed by atoms with van der Waals surface area (Å²) in [6.07, 6.45) is 27.4. The van der Waals surface area contributed by atoms with Crippen LogP contribution in [0, 0.1) is 17.1 Å². The lowest BCUT2D eigenvalue weighted by Gasteiger charge is -2.26. The Labute approximate surface area is 768 Å². The molecule has 0 saturated heterocycles. The van der Waals surface area contributed by atoms with Crippen molar-refractivity contribution in [2.45, 2.75) is 162 Å². The molecule has 1 aliphatic carbocycles. The minimum absolute atomic E-state index is 0.0575. The second-order valence-electron chi connectivity index (χ2n) is 30.0. The number of ether oxygens (including phenoxy) is 4. The molecule has 10 aromatic rings. The van der Waals surface area contributed by atoms with Gasteiger partial charge in [0.1, 0.15) is 38.7 Å². The van der Waals surface area contributed by atoms with Crippen LogP contribution >= 0.6 is 34.9 Å². The number of para-hydroxylation sites is 2. The van der Waals surface area contributed by atoms with E-state index < -0.39 is 57.0 Å². The number of thiocarbonyl (C=S) groups is 1. The van der Waals surface area contributed by atoms with Crippen molar-refractivity contribution in [1.29, 1.82) is 5.26 Å². The van der Waals surface area contributed by atoms with E-state index in [0.717, 1.165) is 128 Å². The van der Waals surface area contributed by atoms with Gasteiger partial charge in [-0.05, 0) is 198 Å². The van der Waals surface area contributed by atoms with Gasteiger partial charge in [-0.25, -0.2) is 47.4 Å². The van der Waals surface area contributed by atoms with Crippen molar-refractivity contribution in [3.63, 3.8) is 0 Å². The predicted molar refractivity (Wildman–Crippen MR) is 506 cm³/mol. The highest BCUT2D eigenvalue weighted by atomic mass is 32.2. The van der Waals surface area contributed by atoms with Crippen LogP contribution in [0.25, 0.3) is 5.57 Å². The number of aromatic hydroxyl groups is 1. The quantitative estimate of drug-likeness (QED) is 0.00445. The third kappa shape index (κ3) is 28.6. The number of phenols is 1. The zero-order valence-corrected chi connectivity index (χ0v) is 77.4. The lowest BCUT2D eigenvalue weighted by molar-refractivity contribution is -0.138. The number of aliphatic imine (C=N–C) groups is 1. The Bertz CT molecular complexity index is 6060. The normalized spacial score (nSPS) is 13.5. The number of furan rings is 2. The number of aryl methyl sites for hydroxylation is 1. The summed E-state index contributed by atoms with van der Waals surface area (Å²) in [5, 5.41) is 30.1. The Balaban J connectivity index is 0.000000194. The smallest absolute Gasteiger partial charge is 0.379 e. The number of nitriles is 1. The molecular weight excluding hydrogens is 1740 g/mol. The molecule has 13 rings (SSSR count). The zero-order chi connectivity index (χ0) is 93.7. The first kappa shape index (κ1) is 100. The highest BCUT2D eigenvalue weighted by molar-refractivity contribution is 7.90. The molecule has 0 fully saturated rings. The molecule has 3 amide bonds. The van der Waals surface area contributed by atoms with E-state index in [0.29, 0.717) is 62.0 Å². The number of nitrogens with one attached hydrogen (secondary N) is 3. The van der Waals surface area contributed by atoms with E-state index in [1.165, 1.54) is 141 Å². The minimum Gasteiger partial charge on any atom is -0.507 e. The number of aromatic nitrogens is 1. The zero-order valence-electron chi connectivity index (χ0n) is 74.1. The molecule has 130 heavy (non-hydrogen) atoms. The van der Waals surface area contributed by atoms with Gasteiger partial charge in [-0.15, -0.1) is 11.3 Å². The number of thiophene rings is 1. The molecule has 0 spiro atoms. The molecule has 6 heterocycles. The third-order valence-corrected chi connectivity index (χ3v) is 24.4. The monoisotopic (exact) mass is 1840 g/mol. The summed E-state index contributed by atoms with van der Waals surface area (Å²) < 4.78 is 67.9. The number of halogens is 1. The average Bonchev–Trinajstić information content (AvgIpc) is 1.58. The highest BCUT2D eigenvalue weighted by Gasteiger charge is 2.38. The number of fused-ring (bicyclic) bond motifs is 3. The number of carbonyl (C=O) groups excluding carboxylic acids is 7. The second-order valence-corrected chi connectivity index (χ2v) is 34.5. The number of methoxy groups -OCH3 is 2. The number of phenolic OH excluding ortho intramolecular Hbond substituents is 1. The van der Waals surface area contributed by atoms with E-state index in [-0.39, 0.29) is 56.3 Å². The average molecular weight is 1840 g/mol. The van der Waals surface area contributed by atoms with Crippen LogP contribution in [0.2, 0.25) is 0 Å². The van der Waals surface area contributed by atoms with Crippen LogP contribution in [0.5, 0.6) is 11.5 Å². The number of hydrazone groups is 1. The van der Waals surface area contributed by atoms with Gasteiger partial charge in [-0.2, -0.15) is 10.4 Å². The first-order chi connectivity index (χ1) is 62.7. The number of carbonyl (C=O) groups is 7. The van der Waals surface area contributed by atoms with Crippen molar-refractivity contribution in [3.8, 4) is 17.6 Å². The first-order valence-electron chi connectivity index (χ1n) is 42.9. The number of esters is 4. The minimum atomic E-state index is -3.26. The molecule has 4 N–H and O–H groups in total. The number of hydrogen-bond acceptors (Lipinski definition) is 24. The van der Waals surface area contributed by atoms with Gasteiger partial charge in [0, 0.05) is 65.4 Å². The summed E-state index contributed by atoms with van der Waals surface area (Å²) in [7, 11) is -0.601. The lowest BCUT2D eigenvalue weighted by Crippen LogP contribution is -2.41. The number of nitrogens with zero attached hydrogens (tertiary/aromatic N) is 7. The van der Waals surface area contributed by atoms with E-state index in [1.807, 2.05) is 48.5 Å². The Kier molecular flexibility index (Phi) is 39.4. The largest absolute Gasteiger partial charge is 0.507 e. The van der Waals surface area contributed by atoms with Crippen LogP contribution in [0.1, 0.15) is 214 Å².